The average Bonchev–Trinajstić information content (AvgIpc) is 3.43. The third-order valence-corrected chi connectivity index (χ3v) is 8.58. The predicted molar refractivity (Wildman–Crippen MR) is 141 cm³/mol. The van der Waals surface area contributed by atoms with E-state index in [1.807, 2.05) is 0 Å². The highest BCUT2D eigenvalue weighted by Crippen LogP contribution is 2.63. The molecule has 0 saturated carbocycles. The maximum atomic E-state index is 2.40. The Balaban J connectivity index is 1.47. The first-order chi connectivity index (χ1) is 16.9. The normalized spacial score (nSPS) is 18.0. The van der Waals surface area contributed by atoms with Crippen LogP contribution < -0.4 is 0 Å². The van der Waals surface area contributed by atoms with E-state index in [9.17, 15) is 0 Å². The molecular weight excluding hydrogens is 408 g/mol. The lowest BCUT2D eigenvalue weighted by molar-refractivity contribution is 0.865. The quantitative estimate of drug-likeness (QED) is 0.227. The minimum atomic E-state index is 0.305. The lowest BCUT2D eigenvalue weighted by Crippen LogP contribution is -2.16. The van der Waals surface area contributed by atoms with E-state index in [2.05, 4.69) is 109 Å². The van der Waals surface area contributed by atoms with Crippen LogP contribution in [-0.2, 0) is 0 Å². The molecule has 0 fully saturated rings. The topological polar surface area (TPSA) is 0 Å². The van der Waals surface area contributed by atoms with E-state index in [-0.39, 0.29) is 0 Å². The molecule has 9 rings (SSSR count). The molecule has 0 unspecified atom stereocenters. The summed E-state index contributed by atoms with van der Waals surface area (Å²) in [6.07, 6.45) is 0. The molecule has 0 spiro atoms. The summed E-state index contributed by atoms with van der Waals surface area (Å²) in [5, 5.41) is 5.45. The van der Waals surface area contributed by atoms with Gasteiger partial charge in [-0.2, -0.15) is 0 Å². The van der Waals surface area contributed by atoms with E-state index in [1.54, 1.807) is 0 Å². The molecule has 0 N–H and O–H groups in total. The van der Waals surface area contributed by atoms with Gasteiger partial charge in [-0.15, -0.1) is 0 Å². The SMILES string of the molecule is c1cc2c3c(c1)[C@@H]1c4c(cccc4[C@H]3c3c-2ccc2ccccc32)-c2ccc3ccccc3c21. The molecule has 3 aliphatic carbocycles. The zero-order valence-corrected chi connectivity index (χ0v) is 18.5. The third-order valence-electron chi connectivity index (χ3n) is 8.58. The van der Waals surface area contributed by atoms with E-state index in [0.717, 1.165) is 0 Å². The summed E-state index contributed by atoms with van der Waals surface area (Å²) in [5.41, 5.74) is 14.7. The van der Waals surface area contributed by atoms with Crippen LogP contribution in [-0.4, -0.2) is 0 Å². The molecule has 0 bridgehead atoms. The van der Waals surface area contributed by atoms with E-state index < -0.39 is 0 Å². The molecule has 0 heterocycles. The highest BCUT2D eigenvalue weighted by Gasteiger charge is 2.45. The molecule has 0 heteroatoms. The molecule has 0 aliphatic heterocycles. The molecule has 6 aromatic rings. The van der Waals surface area contributed by atoms with Crippen LogP contribution in [0, 0.1) is 0 Å². The maximum absolute atomic E-state index is 2.40. The molecule has 0 radical (unpaired) electrons. The molecular formula is C34H20. The Kier molecular flexibility index (Phi) is 2.98. The first kappa shape index (κ1) is 17.3. The van der Waals surface area contributed by atoms with Crippen LogP contribution in [0.25, 0.3) is 43.8 Å². The fraction of sp³-hybridized carbons (Fsp3) is 0.0588. The molecule has 3 aliphatic rings. The van der Waals surface area contributed by atoms with Gasteiger partial charge in [0.15, 0.2) is 0 Å². The van der Waals surface area contributed by atoms with Crippen molar-refractivity contribution in [3.05, 3.63) is 143 Å². The molecule has 0 nitrogen and oxygen atoms in total. The molecule has 156 valence electrons. The van der Waals surface area contributed by atoms with Gasteiger partial charge in [-0.3, -0.25) is 0 Å². The summed E-state index contributed by atoms with van der Waals surface area (Å²) in [5.74, 6) is 0.609. The van der Waals surface area contributed by atoms with Crippen molar-refractivity contribution in [1.29, 1.82) is 0 Å². The fourth-order valence-corrected chi connectivity index (χ4v) is 7.38. The number of hydrogen-bond acceptors (Lipinski definition) is 0. The summed E-state index contributed by atoms with van der Waals surface area (Å²) < 4.78 is 0. The van der Waals surface area contributed by atoms with Gasteiger partial charge in [0.1, 0.15) is 0 Å². The highest BCUT2D eigenvalue weighted by molar-refractivity contribution is 6.02. The van der Waals surface area contributed by atoms with Crippen molar-refractivity contribution in [2.24, 2.45) is 0 Å². The number of hydrogen-bond donors (Lipinski definition) is 0. The Morgan fingerprint density at radius 1 is 0.324 bits per heavy atom. The van der Waals surface area contributed by atoms with Gasteiger partial charge in [0, 0.05) is 11.8 Å². The first-order valence-electron chi connectivity index (χ1n) is 12.2. The summed E-state index contributed by atoms with van der Waals surface area (Å²) in [7, 11) is 0. The number of benzene rings is 6. The van der Waals surface area contributed by atoms with Crippen LogP contribution in [0.2, 0.25) is 0 Å². The Labute approximate surface area is 198 Å². The van der Waals surface area contributed by atoms with Gasteiger partial charge in [0.25, 0.3) is 0 Å². The van der Waals surface area contributed by atoms with Crippen LogP contribution in [0.1, 0.15) is 45.2 Å². The van der Waals surface area contributed by atoms with Crippen LogP contribution in [0.3, 0.4) is 0 Å². The summed E-state index contributed by atoms with van der Waals surface area (Å²) >= 11 is 0. The molecule has 0 saturated heterocycles. The Hall–Kier alpha value is -4.16. The highest BCUT2D eigenvalue weighted by atomic mass is 14.5. The van der Waals surface area contributed by atoms with Crippen molar-refractivity contribution in [1.82, 2.24) is 0 Å². The minimum absolute atomic E-state index is 0.305. The van der Waals surface area contributed by atoms with Gasteiger partial charge in [-0.05, 0) is 77.2 Å². The van der Waals surface area contributed by atoms with Gasteiger partial charge in [-0.25, -0.2) is 0 Å². The summed E-state index contributed by atoms with van der Waals surface area (Å²) in [6, 6.07) is 41.2. The number of fused-ring (bicyclic) bond motifs is 12. The first-order valence-corrected chi connectivity index (χ1v) is 12.2. The molecule has 6 aromatic carbocycles. The number of rotatable bonds is 0. The smallest absolute Gasteiger partial charge is 0.0364 e. The van der Waals surface area contributed by atoms with Crippen molar-refractivity contribution in [3.63, 3.8) is 0 Å². The molecule has 2 atom stereocenters. The predicted octanol–water partition coefficient (Wildman–Crippen LogP) is 8.63. The zero-order valence-electron chi connectivity index (χ0n) is 18.5. The van der Waals surface area contributed by atoms with Gasteiger partial charge in [0.05, 0.1) is 0 Å². The van der Waals surface area contributed by atoms with Crippen molar-refractivity contribution in [3.8, 4) is 22.3 Å². The molecule has 0 aromatic heterocycles. The Bertz CT molecular complexity index is 1730. The van der Waals surface area contributed by atoms with Crippen LogP contribution in [0.4, 0.5) is 0 Å². The van der Waals surface area contributed by atoms with Gasteiger partial charge < -0.3 is 0 Å². The monoisotopic (exact) mass is 428 g/mol. The second kappa shape index (κ2) is 5.85. The van der Waals surface area contributed by atoms with E-state index in [4.69, 9.17) is 0 Å². The Morgan fingerprint density at radius 3 is 1.26 bits per heavy atom. The van der Waals surface area contributed by atoms with Gasteiger partial charge in [0.2, 0.25) is 0 Å². The fourth-order valence-electron chi connectivity index (χ4n) is 7.38. The standard InChI is InChI=1S/C34H20/c1-3-9-21-19(7-1)15-17-25-23-11-5-14-28-31(23)33(29(21)25)27-13-6-12-24-26-18-16-20-8-2-4-10-22(20)30(26)34(28)32(24)27/h1-18,33-34H/t33-,34-/m0/s1. The van der Waals surface area contributed by atoms with Crippen LogP contribution >= 0.6 is 0 Å². The van der Waals surface area contributed by atoms with Crippen molar-refractivity contribution >= 4 is 21.5 Å². The van der Waals surface area contributed by atoms with E-state index >= 15 is 0 Å². The van der Waals surface area contributed by atoms with Crippen LogP contribution in [0.5, 0.6) is 0 Å². The van der Waals surface area contributed by atoms with Gasteiger partial charge >= 0.3 is 0 Å². The Morgan fingerprint density at radius 2 is 0.765 bits per heavy atom. The van der Waals surface area contributed by atoms with Crippen molar-refractivity contribution < 1.29 is 0 Å². The minimum Gasteiger partial charge on any atom is -0.0616 e. The second-order valence-corrected chi connectivity index (χ2v) is 9.98. The van der Waals surface area contributed by atoms with Crippen LogP contribution in [0.15, 0.2) is 109 Å². The second-order valence-electron chi connectivity index (χ2n) is 9.98. The lowest BCUT2D eigenvalue weighted by Gasteiger charge is -2.31. The van der Waals surface area contributed by atoms with E-state index in [1.165, 1.54) is 77.2 Å². The van der Waals surface area contributed by atoms with Gasteiger partial charge in [-0.1, -0.05) is 109 Å². The maximum Gasteiger partial charge on any atom is 0.0364 e. The zero-order chi connectivity index (χ0) is 22.0. The van der Waals surface area contributed by atoms with Crippen molar-refractivity contribution in [2.45, 2.75) is 11.8 Å². The summed E-state index contributed by atoms with van der Waals surface area (Å²) in [4.78, 5) is 0. The largest absolute Gasteiger partial charge is 0.0616 e. The lowest BCUT2D eigenvalue weighted by atomic mass is 9.71. The molecule has 0 amide bonds. The third kappa shape index (κ3) is 1.86. The summed E-state index contributed by atoms with van der Waals surface area (Å²) in [6.45, 7) is 0. The van der Waals surface area contributed by atoms with E-state index in [0.29, 0.717) is 11.8 Å². The average molecular weight is 429 g/mol. The van der Waals surface area contributed by atoms with Crippen molar-refractivity contribution in [2.75, 3.05) is 0 Å². The molecule has 34 heavy (non-hydrogen) atoms.